The van der Waals surface area contributed by atoms with Gasteiger partial charge in [-0.15, -0.1) is 0 Å². The van der Waals surface area contributed by atoms with Gasteiger partial charge in [0.25, 0.3) is 0 Å². The van der Waals surface area contributed by atoms with E-state index in [1.807, 2.05) is 0 Å². The summed E-state index contributed by atoms with van der Waals surface area (Å²) >= 11 is 0. The van der Waals surface area contributed by atoms with Crippen LogP contribution in [0.1, 0.15) is 49.7 Å². The van der Waals surface area contributed by atoms with Crippen molar-refractivity contribution >= 4 is 11.5 Å². The largest absolute Gasteiger partial charge is 0.294 e. The van der Waals surface area contributed by atoms with Crippen LogP contribution in [0.15, 0.2) is 40.5 Å². The van der Waals surface area contributed by atoms with Crippen LogP contribution in [0.4, 0.5) is 0 Å². The van der Waals surface area contributed by atoms with E-state index in [0.29, 0.717) is 12.2 Å². The van der Waals surface area contributed by atoms with Gasteiger partial charge in [0.15, 0.2) is 5.78 Å². The summed E-state index contributed by atoms with van der Waals surface area (Å²) in [5, 5.41) is 0. The Labute approximate surface area is 114 Å². The molecule has 1 aliphatic carbocycles. The second-order valence-electron chi connectivity index (χ2n) is 5.65. The minimum absolute atomic E-state index is 0.223. The lowest BCUT2D eigenvalue weighted by atomic mass is 9.78. The maximum atomic E-state index is 12.3. The van der Waals surface area contributed by atoms with Gasteiger partial charge < -0.3 is 0 Å². The number of aliphatic imine (C=N–C) groups is 1. The molecule has 0 fully saturated rings. The number of hydrogen-bond acceptors (Lipinski definition) is 2. The minimum atomic E-state index is 0.223. The summed E-state index contributed by atoms with van der Waals surface area (Å²) < 4.78 is 0. The molecule has 2 aliphatic rings. The first-order valence-corrected chi connectivity index (χ1v) is 7.02. The maximum absolute atomic E-state index is 12.3. The first kappa shape index (κ1) is 12.3. The molecule has 0 radical (unpaired) electrons. The number of benzene rings is 1. The lowest BCUT2D eigenvalue weighted by Crippen LogP contribution is -2.23. The molecule has 1 heterocycles. The fourth-order valence-corrected chi connectivity index (χ4v) is 3.12. The summed E-state index contributed by atoms with van der Waals surface area (Å²) in [6, 6.07) is 8.57. The zero-order valence-electron chi connectivity index (χ0n) is 11.6. The number of carbonyl (C=O) groups is 1. The van der Waals surface area contributed by atoms with Crippen LogP contribution >= 0.6 is 0 Å². The van der Waals surface area contributed by atoms with Gasteiger partial charge in [-0.1, -0.05) is 29.8 Å². The van der Waals surface area contributed by atoms with Gasteiger partial charge in [0.2, 0.25) is 0 Å². The Kier molecular flexibility index (Phi) is 3.09. The third-order valence-corrected chi connectivity index (χ3v) is 4.08. The van der Waals surface area contributed by atoms with E-state index in [-0.39, 0.29) is 5.92 Å². The van der Waals surface area contributed by atoms with Gasteiger partial charge >= 0.3 is 0 Å². The third-order valence-electron chi connectivity index (χ3n) is 4.08. The Balaban J connectivity index is 2.06. The van der Waals surface area contributed by atoms with Crippen molar-refractivity contribution in [2.75, 3.05) is 0 Å². The predicted molar refractivity (Wildman–Crippen MR) is 77.5 cm³/mol. The Morgan fingerprint density at radius 1 is 1.11 bits per heavy atom. The predicted octanol–water partition coefficient (Wildman–Crippen LogP) is 3.95. The van der Waals surface area contributed by atoms with Crippen LogP contribution in [0.5, 0.6) is 0 Å². The molecule has 0 saturated heterocycles. The minimum Gasteiger partial charge on any atom is -0.294 e. The van der Waals surface area contributed by atoms with Crippen LogP contribution < -0.4 is 0 Å². The highest BCUT2D eigenvalue weighted by Crippen LogP contribution is 2.39. The summed E-state index contributed by atoms with van der Waals surface area (Å²) in [4.78, 5) is 16.9. The topological polar surface area (TPSA) is 29.4 Å². The number of hydrogen-bond donors (Lipinski definition) is 0. The van der Waals surface area contributed by atoms with Crippen molar-refractivity contribution < 1.29 is 4.79 Å². The second kappa shape index (κ2) is 4.76. The number of aryl methyl sites for hydroxylation is 1. The summed E-state index contributed by atoms with van der Waals surface area (Å²) in [6.45, 7) is 4.16. The first-order chi connectivity index (χ1) is 9.15. The molecule has 1 aromatic carbocycles. The van der Waals surface area contributed by atoms with Crippen molar-refractivity contribution in [2.24, 2.45) is 4.99 Å². The van der Waals surface area contributed by atoms with Gasteiger partial charge in [0, 0.05) is 29.3 Å². The quantitative estimate of drug-likeness (QED) is 0.745. The molecule has 0 amide bonds. The molecule has 19 heavy (non-hydrogen) atoms. The fourth-order valence-electron chi connectivity index (χ4n) is 3.12. The second-order valence-corrected chi connectivity index (χ2v) is 5.65. The van der Waals surface area contributed by atoms with E-state index >= 15 is 0 Å². The van der Waals surface area contributed by atoms with Crippen LogP contribution in [0.3, 0.4) is 0 Å². The number of ketones is 1. The van der Waals surface area contributed by atoms with Crippen molar-refractivity contribution in [1.29, 1.82) is 0 Å². The number of nitrogens with zero attached hydrogens (tertiary/aromatic N) is 1. The van der Waals surface area contributed by atoms with Crippen LogP contribution in [-0.2, 0) is 4.79 Å². The molecule has 3 rings (SSSR count). The molecular formula is C17H19NO. The lowest BCUT2D eigenvalue weighted by Gasteiger charge is -2.29. The molecule has 1 aliphatic heterocycles. The standard InChI is InChI=1S/C17H19NO/c1-11-6-8-13(9-7-11)14-10-12(2)18-15-4-3-5-16(19)17(14)15/h6-9,14H,3-5,10H2,1-2H3. The monoisotopic (exact) mass is 253 g/mol. The number of Topliss-reactive ketones (excluding diaryl/α,β-unsaturated/α-hetero) is 1. The van der Waals surface area contributed by atoms with Crippen LogP contribution in [0.25, 0.3) is 0 Å². The van der Waals surface area contributed by atoms with E-state index in [9.17, 15) is 4.79 Å². The summed E-state index contributed by atoms with van der Waals surface area (Å²) in [6.07, 6.45) is 3.49. The Bertz CT molecular complexity index is 578. The average Bonchev–Trinajstić information content (AvgIpc) is 2.38. The summed E-state index contributed by atoms with van der Waals surface area (Å²) in [5.74, 6) is 0.531. The molecular weight excluding hydrogens is 234 g/mol. The summed E-state index contributed by atoms with van der Waals surface area (Å²) in [7, 11) is 0. The van der Waals surface area contributed by atoms with Crippen molar-refractivity contribution in [1.82, 2.24) is 0 Å². The molecule has 1 aromatic rings. The molecule has 1 atom stereocenters. The van der Waals surface area contributed by atoms with Crippen molar-refractivity contribution in [3.05, 3.63) is 46.7 Å². The number of allylic oxidation sites excluding steroid dienone is 2. The van der Waals surface area contributed by atoms with E-state index in [2.05, 4.69) is 43.1 Å². The Morgan fingerprint density at radius 2 is 1.84 bits per heavy atom. The highest BCUT2D eigenvalue weighted by molar-refractivity contribution is 6.01. The van der Waals surface area contributed by atoms with Crippen LogP contribution in [0, 0.1) is 6.92 Å². The summed E-state index contributed by atoms with van der Waals surface area (Å²) in [5.41, 5.74) is 5.70. The highest BCUT2D eigenvalue weighted by atomic mass is 16.1. The zero-order chi connectivity index (χ0) is 13.4. The first-order valence-electron chi connectivity index (χ1n) is 7.02. The van der Waals surface area contributed by atoms with E-state index in [0.717, 1.165) is 36.2 Å². The van der Waals surface area contributed by atoms with E-state index in [1.54, 1.807) is 0 Å². The maximum Gasteiger partial charge on any atom is 0.161 e. The molecule has 1 unspecified atom stereocenters. The van der Waals surface area contributed by atoms with Crippen molar-refractivity contribution in [2.45, 2.75) is 45.4 Å². The molecule has 2 heteroatoms. The van der Waals surface area contributed by atoms with Gasteiger partial charge in [-0.25, -0.2) is 0 Å². The average molecular weight is 253 g/mol. The van der Waals surface area contributed by atoms with Crippen molar-refractivity contribution in [3.63, 3.8) is 0 Å². The van der Waals surface area contributed by atoms with Crippen LogP contribution in [-0.4, -0.2) is 11.5 Å². The van der Waals surface area contributed by atoms with Gasteiger partial charge in [-0.2, -0.15) is 0 Å². The van der Waals surface area contributed by atoms with Crippen LogP contribution in [0.2, 0.25) is 0 Å². The van der Waals surface area contributed by atoms with E-state index in [4.69, 9.17) is 0 Å². The molecule has 0 N–H and O–H groups in total. The van der Waals surface area contributed by atoms with Gasteiger partial charge in [-0.05, 0) is 38.7 Å². The fraction of sp³-hybridized carbons (Fsp3) is 0.412. The molecule has 0 spiro atoms. The zero-order valence-corrected chi connectivity index (χ0v) is 11.6. The highest BCUT2D eigenvalue weighted by Gasteiger charge is 2.31. The lowest BCUT2D eigenvalue weighted by molar-refractivity contribution is -0.116. The molecule has 98 valence electrons. The Hall–Kier alpha value is -1.70. The van der Waals surface area contributed by atoms with Gasteiger partial charge in [0.1, 0.15) is 0 Å². The van der Waals surface area contributed by atoms with Gasteiger partial charge in [-0.3, -0.25) is 9.79 Å². The molecule has 0 aromatic heterocycles. The van der Waals surface area contributed by atoms with E-state index in [1.165, 1.54) is 11.1 Å². The smallest absolute Gasteiger partial charge is 0.161 e. The Morgan fingerprint density at radius 3 is 2.58 bits per heavy atom. The normalized spacial score (nSPS) is 23.2. The van der Waals surface area contributed by atoms with E-state index < -0.39 is 0 Å². The van der Waals surface area contributed by atoms with Crippen molar-refractivity contribution in [3.8, 4) is 0 Å². The molecule has 0 bridgehead atoms. The number of carbonyl (C=O) groups excluding carboxylic acids is 1. The SMILES string of the molecule is CC1=NC2=C(C(=O)CCC2)C(c2ccc(C)cc2)C1. The molecule has 0 saturated carbocycles. The molecule has 2 nitrogen and oxygen atoms in total. The van der Waals surface area contributed by atoms with Gasteiger partial charge in [0.05, 0.1) is 0 Å². The third kappa shape index (κ3) is 2.27. The number of rotatable bonds is 1.